The third-order valence-electron chi connectivity index (χ3n) is 6.54. The van der Waals surface area contributed by atoms with E-state index in [4.69, 9.17) is 9.47 Å². The summed E-state index contributed by atoms with van der Waals surface area (Å²) in [6.45, 7) is 6.94. The van der Waals surface area contributed by atoms with E-state index in [0.29, 0.717) is 18.9 Å². The predicted octanol–water partition coefficient (Wildman–Crippen LogP) is 3.78. The number of hydrogen-bond acceptors (Lipinski definition) is 4. The quantitative estimate of drug-likeness (QED) is 0.831. The fraction of sp³-hybridized carbons (Fsp3) is 0.571. The molecular weight excluding hydrogens is 316 g/mol. The molecule has 3 atom stereocenters. The maximum Gasteiger partial charge on any atom is 0.334 e. The largest absolute Gasteiger partial charge is 0.496 e. The molecule has 0 amide bonds. The Morgan fingerprint density at radius 2 is 2.12 bits per heavy atom. The Bertz CT molecular complexity index is 776. The topological polar surface area (TPSA) is 55.8 Å². The lowest BCUT2D eigenvalue weighted by Gasteiger charge is -2.48. The highest BCUT2D eigenvalue weighted by Crippen LogP contribution is 2.57. The zero-order chi connectivity index (χ0) is 17.9. The number of hydrogen-bond donors (Lipinski definition) is 1. The number of carbonyl (C=O) groups excluding carboxylic acids is 1. The average molecular weight is 342 g/mol. The summed E-state index contributed by atoms with van der Waals surface area (Å²) in [6.07, 6.45) is 1.70. The van der Waals surface area contributed by atoms with Crippen molar-refractivity contribution in [3.8, 4) is 5.75 Å². The number of aliphatic hydroxyl groups excluding tert-OH is 1. The molecule has 0 bridgehead atoms. The summed E-state index contributed by atoms with van der Waals surface area (Å²) in [6, 6.07) is 4.31. The first kappa shape index (κ1) is 16.6. The molecule has 134 valence electrons. The minimum Gasteiger partial charge on any atom is -0.496 e. The van der Waals surface area contributed by atoms with Gasteiger partial charge in [0.2, 0.25) is 0 Å². The molecule has 0 saturated carbocycles. The smallest absolute Gasteiger partial charge is 0.334 e. The Labute approximate surface area is 148 Å². The fourth-order valence-corrected chi connectivity index (χ4v) is 5.16. The summed E-state index contributed by atoms with van der Waals surface area (Å²) in [5.41, 5.74) is 5.12. The second kappa shape index (κ2) is 5.60. The molecule has 1 N–H and O–H groups in total. The van der Waals surface area contributed by atoms with Crippen molar-refractivity contribution in [2.45, 2.75) is 57.5 Å². The van der Waals surface area contributed by atoms with Crippen molar-refractivity contribution >= 4 is 5.97 Å². The lowest BCUT2D eigenvalue weighted by molar-refractivity contribution is -0.136. The fourth-order valence-electron chi connectivity index (χ4n) is 5.16. The van der Waals surface area contributed by atoms with Crippen molar-refractivity contribution in [3.05, 3.63) is 40.0 Å². The number of fused-ring (bicyclic) bond motifs is 4. The summed E-state index contributed by atoms with van der Waals surface area (Å²) in [4.78, 5) is 12.0. The van der Waals surface area contributed by atoms with Gasteiger partial charge < -0.3 is 14.6 Å². The zero-order valence-corrected chi connectivity index (χ0v) is 15.4. The molecule has 2 aliphatic carbocycles. The molecule has 1 heterocycles. The molecule has 4 nitrogen and oxygen atoms in total. The van der Waals surface area contributed by atoms with Gasteiger partial charge in [0.15, 0.2) is 0 Å². The normalized spacial score (nSPS) is 30.7. The summed E-state index contributed by atoms with van der Waals surface area (Å²) >= 11 is 0. The highest BCUT2D eigenvalue weighted by molar-refractivity contribution is 5.92. The molecule has 4 rings (SSSR count). The van der Waals surface area contributed by atoms with Crippen molar-refractivity contribution in [3.63, 3.8) is 0 Å². The van der Waals surface area contributed by atoms with E-state index in [9.17, 15) is 9.90 Å². The molecular formula is C21H26O4. The molecule has 1 aliphatic heterocycles. The standard InChI is InChI=1S/C21H26O4/c1-11(2)12-5-6-15-18(19(12)24-4)17(22)9-16-14-10-25-20(23)13(14)7-8-21(15,16)3/h5-6,11,16-17,22H,7-10H2,1-4H3/t16-,17+,21+/m0/s1. The van der Waals surface area contributed by atoms with Crippen LogP contribution < -0.4 is 4.74 Å². The summed E-state index contributed by atoms with van der Waals surface area (Å²) in [5.74, 6) is 1.16. The Morgan fingerprint density at radius 1 is 1.36 bits per heavy atom. The van der Waals surface area contributed by atoms with Gasteiger partial charge in [-0.3, -0.25) is 0 Å². The van der Waals surface area contributed by atoms with Gasteiger partial charge in [0.05, 0.1) is 13.2 Å². The Morgan fingerprint density at radius 3 is 2.80 bits per heavy atom. The second-order valence-corrected chi connectivity index (χ2v) is 8.11. The number of rotatable bonds is 2. The van der Waals surface area contributed by atoms with Crippen LogP contribution in [0.15, 0.2) is 23.3 Å². The summed E-state index contributed by atoms with van der Waals surface area (Å²) < 4.78 is 11.0. The van der Waals surface area contributed by atoms with Crippen LogP contribution in [0.25, 0.3) is 0 Å². The van der Waals surface area contributed by atoms with Crippen LogP contribution in [0.2, 0.25) is 0 Å². The minimum atomic E-state index is -0.579. The Kier molecular flexibility index (Phi) is 3.73. The maximum absolute atomic E-state index is 12.0. The summed E-state index contributed by atoms with van der Waals surface area (Å²) in [5, 5.41) is 11.0. The van der Waals surface area contributed by atoms with Gasteiger partial charge in [0, 0.05) is 16.6 Å². The molecule has 25 heavy (non-hydrogen) atoms. The molecule has 0 unspecified atom stereocenters. The van der Waals surface area contributed by atoms with E-state index in [1.54, 1.807) is 7.11 Å². The minimum absolute atomic E-state index is 0.0931. The van der Waals surface area contributed by atoms with Crippen LogP contribution in [-0.2, 0) is 14.9 Å². The van der Waals surface area contributed by atoms with E-state index in [1.165, 1.54) is 5.56 Å². The maximum atomic E-state index is 12.0. The molecule has 3 aliphatic rings. The predicted molar refractivity (Wildman–Crippen MR) is 94.7 cm³/mol. The van der Waals surface area contributed by atoms with E-state index in [1.807, 2.05) is 0 Å². The molecule has 1 aromatic rings. The average Bonchev–Trinajstić information content (AvgIpc) is 2.96. The van der Waals surface area contributed by atoms with Crippen molar-refractivity contribution in [2.75, 3.05) is 13.7 Å². The van der Waals surface area contributed by atoms with E-state index < -0.39 is 6.10 Å². The molecule has 0 fully saturated rings. The van der Waals surface area contributed by atoms with Gasteiger partial charge in [-0.15, -0.1) is 0 Å². The first-order chi connectivity index (χ1) is 11.9. The number of aliphatic hydroxyl groups is 1. The number of esters is 1. The van der Waals surface area contributed by atoms with E-state index in [0.717, 1.165) is 40.9 Å². The van der Waals surface area contributed by atoms with Gasteiger partial charge in [-0.25, -0.2) is 4.79 Å². The highest BCUT2D eigenvalue weighted by atomic mass is 16.5. The van der Waals surface area contributed by atoms with Gasteiger partial charge in [-0.05, 0) is 47.8 Å². The first-order valence-electron chi connectivity index (χ1n) is 9.16. The molecule has 4 heteroatoms. The molecule has 0 radical (unpaired) electrons. The second-order valence-electron chi connectivity index (χ2n) is 8.11. The van der Waals surface area contributed by atoms with Crippen LogP contribution >= 0.6 is 0 Å². The van der Waals surface area contributed by atoms with Gasteiger partial charge in [-0.1, -0.05) is 32.9 Å². The SMILES string of the molecule is COc1c(C(C)C)ccc2c1[C@H](O)C[C@H]1C3=C(CC[C@]21C)C(=O)OC3. The number of benzene rings is 1. The van der Waals surface area contributed by atoms with Crippen LogP contribution in [0, 0.1) is 5.92 Å². The third-order valence-corrected chi connectivity index (χ3v) is 6.54. The van der Waals surface area contributed by atoms with Gasteiger partial charge in [0.1, 0.15) is 12.4 Å². The van der Waals surface area contributed by atoms with Crippen molar-refractivity contribution in [1.82, 2.24) is 0 Å². The van der Waals surface area contributed by atoms with Crippen molar-refractivity contribution in [2.24, 2.45) is 5.92 Å². The lowest BCUT2D eigenvalue weighted by Crippen LogP contribution is -2.42. The Hall–Kier alpha value is -1.81. The van der Waals surface area contributed by atoms with Crippen LogP contribution in [0.1, 0.15) is 68.7 Å². The van der Waals surface area contributed by atoms with E-state index in [2.05, 4.69) is 32.9 Å². The van der Waals surface area contributed by atoms with Gasteiger partial charge in [0.25, 0.3) is 0 Å². The zero-order valence-electron chi connectivity index (χ0n) is 15.4. The van der Waals surface area contributed by atoms with Gasteiger partial charge in [-0.2, -0.15) is 0 Å². The van der Waals surface area contributed by atoms with Gasteiger partial charge >= 0.3 is 5.97 Å². The molecule has 0 aromatic heterocycles. The van der Waals surface area contributed by atoms with Crippen molar-refractivity contribution in [1.29, 1.82) is 0 Å². The highest BCUT2D eigenvalue weighted by Gasteiger charge is 2.51. The van der Waals surface area contributed by atoms with Crippen LogP contribution in [0.4, 0.5) is 0 Å². The monoisotopic (exact) mass is 342 g/mol. The molecule has 1 aromatic carbocycles. The lowest BCUT2D eigenvalue weighted by atomic mass is 9.56. The van der Waals surface area contributed by atoms with Crippen LogP contribution in [0.5, 0.6) is 5.75 Å². The summed E-state index contributed by atoms with van der Waals surface area (Å²) in [7, 11) is 1.69. The van der Waals surface area contributed by atoms with E-state index in [-0.39, 0.29) is 17.3 Å². The molecule has 0 spiro atoms. The number of methoxy groups -OCH3 is 1. The van der Waals surface area contributed by atoms with Crippen LogP contribution in [0.3, 0.4) is 0 Å². The van der Waals surface area contributed by atoms with Crippen molar-refractivity contribution < 1.29 is 19.4 Å². The number of cyclic esters (lactones) is 1. The third kappa shape index (κ3) is 2.20. The van der Waals surface area contributed by atoms with E-state index >= 15 is 0 Å². The Balaban J connectivity index is 1.90. The first-order valence-corrected chi connectivity index (χ1v) is 9.16. The molecule has 0 saturated heterocycles. The van der Waals surface area contributed by atoms with Crippen LogP contribution in [-0.4, -0.2) is 24.8 Å². The number of carbonyl (C=O) groups is 1. The number of ether oxygens (including phenoxy) is 2.